The van der Waals surface area contributed by atoms with Gasteiger partial charge < -0.3 is 10.2 Å². The lowest BCUT2D eigenvalue weighted by Gasteiger charge is -2.25. The van der Waals surface area contributed by atoms with Crippen molar-refractivity contribution in [1.82, 2.24) is 9.55 Å². The number of carbonyl (C=O) groups is 1. The van der Waals surface area contributed by atoms with Crippen LogP contribution < -0.4 is 21.9 Å². The van der Waals surface area contributed by atoms with Crippen molar-refractivity contribution in [3.05, 3.63) is 55.4 Å². The normalized spacial score (nSPS) is 11.6. The smallest absolute Gasteiger partial charge is 0.330 e. The Kier molecular flexibility index (Phi) is 6.31. The third kappa shape index (κ3) is 4.39. The Hall–Kier alpha value is -3.00. The minimum Gasteiger partial charge on any atom is -0.451 e. The van der Waals surface area contributed by atoms with E-state index in [1.54, 1.807) is 25.1 Å². The number of nitrogens with one attached hydrogen (secondary N) is 1. The number of nitrogens with two attached hydrogens (primary N) is 1. The molecular formula is C22H27ClN4O4. The highest BCUT2D eigenvalue weighted by Gasteiger charge is 2.30. The Labute approximate surface area is 184 Å². The Morgan fingerprint density at radius 1 is 1.23 bits per heavy atom. The Morgan fingerprint density at radius 2 is 1.90 bits per heavy atom. The summed E-state index contributed by atoms with van der Waals surface area (Å²) in [7, 11) is 0. The molecule has 0 aliphatic carbocycles. The lowest BCUT2D eigenvalue weighted by molar-refractivity contribution is 0.0958. The van der Waals surface area contributed by atoms with Crippen LogP contribution in [0.4, 0.5) is 11.5 Å². The van der Waals surface area contributed by atoms with E-state index in [4.69, 9.17) is 21.8 Å². The standard InChI is InChI=1S/C22H27ClN4O4/c1-11(2)9-26(17-19(24)27(10-12(3)4)22(30)25-20(17)28)21(29)18-13(5)15-8-14(23)6-7-16(15)31-18/h6-8,11-12H,9-10,24H2,1-5H3,(H,25,28,30). The molecule has 0 radical (unpaired) electrons. The van der Waals surface area contributed by atoms with Crippen molar-refractivity contribution in [2.24, 2.45) is 11.8 Å². The number of amides is 1. The SMILES string of the molecule is Cc1c(C(=O)N(CC(C)C)c2c(N)n(CC(C)C)c(=O)[nH]c2=O)oc2ccc(Cl)cc12. The number of aromatic amines is 1. The molecule has 0 bridgehead atoms. The van der Waals surface area contributed by atoms with Gasteiger partial charge in [0, 0.05) is 29.1 Å². The Balaban J connectivity index is 2.20. The molecule has 0 spiro atoms. The first-order chi connectivity index (χ1) is 14.5. The number of nitrogen functional groups attached to an aromatic ring is 1. The number of halogens is 1. The van der Waals surface area contributed by atoms with Crippen LogP contribution in [0.25, 0.3) is 11.0 Å². The van der Waals surface area contributed by atoms with Gasteiger partial charge >= 0.3 is 5.69 Å². The van der Waals surface area contributed by atoms with Crippen LogP contribution in [0.1, 0.15) is 43.8 Å². The lowest BCUT2D eigenvalue weighted by atomic mass is 10.1. The highest BCUT2D eigenvalue weighted by Crippen LogP contribution is 2.30. The first-order valence-corrected chi connectivity index (χ1v) is 10.5. The lowest BCUT2D eigenvalue weighted by Crippen LogP contribution is -2.43. The van der Waals surface area contributed by atoms with Crippen molar-refractivity contribution in [1.29, 1.82) is 0 Å². The molecule has 2 heterocycles. The number of furan rings is 1. The van der Waals surface area contributed by atoms with Gasteiger partial charge in [0.2, 0.25) is 0 Å². The topological polar surface area (TPSA) is 114 Å². The molecule has 0 saturated carbocycles. The first kappa shape index (κ1) is 22.7. The van der Waals surface area contributed by atoms with Crippen molar-refractivity contribution in [3.8, 4) is 0 Å². The zero-order valence-electron chi connectivity index (χ0n) is 18.3. The van der Waals surface area contributed by atoms with Crippen molar-refractivity contribution < 1.29 is 9.21 Å². The van der Waals surface area contributed by atoms with Gasteiger partial charge in [-0.05, 0) is 37.0 Å². The van der Waals surface area contributed by atoms with Crippen LogP contribution >= 0.6 is 11.6 Å². The second-order valence-electron chi connectivity index (χ2n) is 8.50. The number of aryl methyl sites for hydroxylation is 1. The van der Waals surface area contributed by atoms with E-state index in [9.17, 15) is 14.4 Å². The summed E-state index contributed by atoms with van der Waals surface area (Å²) in [6.07, 6.45) is 0. The summed E-state index contributed by atoms with van der Waals surface area (Å²) in [5, 5.41) is 1.24. The third-order valence-electron chi connectivity index (χ3n) is 4.92. The van der Waals surface area contributed by atoms with Crippen LogP contribution in [-0.2, 0) is 6.54 Å². The van der Waals surface area contributed by atoms with E-state index in [1.807, 2.05) is 27.7 Å². The van der Waals surface area contributed by atoms with E-state index >= 15 is 0 Å². The zero-order chi connectivity index (χ0) is 23.0. The molecule has 1 amide bonds. The maximum absolute atomic E-state index is 13.6. The molecule has 0 fully saturated rings. The second-order valence-corrected chi connectivity index (χ2v) is 8.94. The summed E-state index contributed by atoms with van der Waals surface area (Å²) in [6, 6.07) is 5.10. The average molecular weight is 447 g/mol. The van der Waals surface area contributed by atoms with E-state index in [-0.39, 0.29) is 35.6 Å². The number of hydrogen-bond donors (Lipinski definition) is 2. The van der Waals surface area contributed by atoms with Crippen LogP contribution in [0.2, 0.25) is 5.02 Å². The van der Waals surface area contributed by atoms with Gasteiger partial charge in [-0.1, -0.05) is 39.3 Å². The fourth-order valence-electron chi connectivity index (χ4n) is 3.55. The molecule has 0 saturated heterocycles. The average Bonchev–Trinajstić information content (AvgIpc) is 2.99. The van der Waals surface area contributed by atoms with Crippen LogP contribution in [0, 0.1) is 18.8 Å². The molecule has 31 heavy (non-hydrogen) atoms. The fourth-order valence-corrected chi connectivity index (χ4v) is 3.72. The van der Waals surface area contributed by atoms with E-state index in [1.165, 1.54) is 9.47 Å². The number of nitrogens with zero attached hydrogens (tertiary/aromatic N) is 2. The van der Waals surface area contributed by atoms with Gasteiger partial charge in [0.15, 0.2) is 11.4 Å². The van der Waals surface area contributed by atoms with Gasteiger partial charge in [0.05, 0.1) is 0 Å². The molecule has 0 aliphatic rings. The molecule has 0 unspecified atom stereocenters. The largest absolute Gasteiger partial charge is 0.451 e. The predicted molar refractivity (Wildman–Crippen MR) is 123 cm³/mol. The van der Waals surface area contributed by atoms with Crippen molar-refractivity contribution in [2.45, 2.75) is 41.2 Å². The molecule has 2 aromatic heterocycles. The molecule has 166 valence electrons. The number of rotatable bonds is 6. The quantitative estimate of drug-likeness (QED) is 0.597. The molecule has 8 nitrogen and oxygen atoms in total. The van der Waals surface area contributed by atoms with E-state index in [0.29, 0.717) is 28.1 Å². The van der Waals surface area contributed by atoms with Gasteiger partial charge in [-0.3, -0.25) is 24.0 Å². The zero-order valence-corrected chi connectivity index (χ0v) is 19.0. The summed E-state index contributed by atoms with van der Waals surface area (Å²) < 4.78 is 7.11. The van der Waals surface area contributed by atoms with Crippen molar-refractivity contribution >= 4 is 40.0 Å². The van der Waals surface area contributed by atoms with Gasteiger partial charge in [-0.15, -0.1) is 0 Å². The number of fused-ring (bicyclic) bond motifs is 1. The minimum absolute atomic E-state index is 0.0207. The summed E-state index contributed by atoms with van der Waals surface area (Å²) >= 11 is 6.09. The molecule has 0 aliphatic heterocycles. The van der Waals surface area contributed by atoms with Gasteiger partial charge in [0.1, 0.15) is 11.4 Å². The second kappa shape index (κ2) is 8.63. The fraction of sp³-hybridized carbons (Fsp3) is 0.409. The molecule has 3 rings (SSSR count). The molecule has 3 aromatic rings. The number of hydrogen-bond acceptors (Lipinski definition) is 5. The van der Waals surface area contributed by atoms with E-state index in [0.717, 1.165) is 0 Å². The first-order valence-electron chi connectivity index (χ1n) is 10.1. The van der Waals surface area contributed by atoms with Gasteiger partial charge in [-0.2, -0.15) is 0 Å². The number of aromatic nitrogens is 2. The maximum Gasteiger partial charge on any atom is 0.330 e. The number of H-pyrrole nitrogens is 1. The molecule has 1 aromatic carbocycles. The van der Waals surface area contributed by atoms with E-state index in [2.05, 4.69) is 4.98 Å². The molecule has 9 heteroatoms. The Morgan fingerprint density at radius 3 is 2.52 bits per heavy atom. The molecule has 0 atom stereocenters. The van der Waals surface area contributed by atoms with Gasteiger partial charge in [-0.25, -0.2) is 4.79 Å². The van der Waals surface area contributed by atoms with Crippen molar-refractivity contribution in [3.63, 3.8) is 0 Å². The number of anilines is 2. The summed E-state index contributed by atoms with van der Waals surface area (Å²) in [6.45, 7) is 9.97. The summed E-state index contributed by atoms with van der Waals surface area (Å²) in [4.78, 5) is 42.3. The van der Waals surface area contributed by atoms with Gasteiger partial charge in [0.25, 0.3) is 11.5 Å². The minimum atomic E-state index is -0.715. The van der Waals surface area contributed by atoms with Crippen LogP contribution in [0.5, 0.6) is 0 Å². The molecule has 3 N–H and O–H groups in total. The number of benzene rings is 1. The van der Waals surface area contributed by atoms with Crippen LogP contribution in [0.15, 0.2) is 32.2 Å². The number of carbonyl (C=O) groups excluding carboxylic acids is 1. The highest BCUT2D eigenvalue weighted by atomic mass is 35.5. The maximum atomic E-state index is 13.6. The van der Waals surface area contributed by atoms with Crippen LogP contribution in [-0.4, -0.2) is 22.0 Å². The monoisotopic (exact) mass is 446 g/mol. The summed E-state index contributed by atoms with van der Waals surface area (Å²) in [5.41, 5.74) is 6.01. The van der Waals surface area contributed by atoms with Crippen LogP contribution in [0.3, 0.4) is 0 Å². The predicted octanol–water partition coefficient (Wildman–Crippen LogP) is 3.79. The third-order valence-corrected chi connectivity index (χ3v) is 5.15. The summed E-state index contributed by atoms with van der Waals surface area (Å²) in [5.74, 6) is -0.334. The van der Waals surface area contributed by atoms with Crippen molar-refractivity contribution in [2.75, 3.05) is 17.2 Å². The Bertz CT molecular complexity index is 1250. The highest BCUT2D eigenvalue weighted by molar-refractivity contribution is 6.31. The van der Waals surface area contributed by atoms with E-state index < -0.39 is 17.2 Å². The molecular weight excluding hydrogens is 420 g/mol.